The van der Waals surface area contributed by atoms with E-state index in [-0.39, 0.29) is 17.1 Å². The van der Waals surface area contributed by atoms with Crippen molar-refractivity contribution in [2.45, 2.75) is 19.1 Å². The summed E-state index contributed by atoms with van der Waals surface area (Å²) >= 11 is 0. The van der Waals surface area contributed by atoms with Crippen molar-refractivity contribution in [2.75, 3.05) is 15.9 Å². The number of non-ortho nitro benzene ring substituents is 1. The van der Waals surface area contributed by atoms with Gasteiger partial charge in [0, 0.05) is 17.8 Å². The molecule has 12 heteroatoms. The van der Waals surface area contributed by atoms with Gasteiger partial charge in [-0.25, -0.2) is 8.42 Å². The highest BCUT2D eigenvalue weighted by atomic mass is 32.2. The summed E-state index contributed by atoms with van der Waals surface area (Å²) in [6, 6.07) is 7.06. The maximum absolute atomic E-state index is 13.0. The number of rotatable bonds is 6. The van der Waals surface area contributed by atoms with E-state index < -0.39 is 38.6 Å². The van der Waals surface area contributed by atoms with Crippen LogP contribution < -0.4 is 9.62 Å². The molecule has 8 nitrogen and oxygen atoms in total. The van der Waals surface area contributed by atoms with Crippen molar-refractivity contribution < 1.29 is 31.3 Å². The molecule has 0 unspecified atom stereocenters. The van der Waals surface area contributed by atoms with E-state index in [0.29, 0.717) is 10.4 Å². The van der Waals surface area contributed by atoms with Gasteiger partial charge in [-0.3, -0.25) is 19.2 Å². The first-order chi connectivity index (χ1) is 13.3. The summed E-state index contributed by atoms with van der Waals surface area (Å²) in [6.45, 7) is 1.19. The van der Waals surface area contributed by atoms with Crippen LogP contribution >= 0.6 is 0 Å². The van der Waals surface area contributed by atoms with Crippen molar-refractivity contribution in [3.63, 3.8) is 0 Å². The highest BCUT2D eigenvalue weighted by Gasteiger charge is 2.34. The molecular weight excluding hydrogens is 415 g/mol. The van der Waals surface area contributed by atoms with Crippen molar-refractivity contribution in [3.05, 3.63) is 64.2 Å². The molecule has 0 heterocycles. The van der Waals surface area contributed by atoms with Crippen molar-refractivity contribution in [1.29, 1.82) is 0 Å². The van der Waals surface area contributed by atoms with Gasteiger partial charge in [-0.2, -0.15) is 13.2 Å². The van der Waals surface area contributed by atoms with Crippen molar-refractivity contribution in [1.82, 2.24) is 0 Å². The predicted molar refractivity (Wildman–Crippen MR) is 100.0 cm³/mol. The van der Waals surface area contributed by atoms with Crippen LogP contribution in [0.25, 0.3) is 0 Å². The molecular formula is C17H16F3N3O5S. The number of nitrogens with zero attached hydrogens (tertiary/aromatic N) is 2. The lowest BCUT2D eigenvalue weighted by atomic mass is 10.1. The number of anilines is 2. The number of carbonyl (C=O) groups is 1. The number of alkyl halides is 3. The molecule has 1 N–H and O–H groups in total. The zero-order chi connectivity index (χ0) is 22.0. The van der Waals surface area contributed by atoms with E-state index in [1.54, 1.807) is 0 Å². The molecule has 0 aliphatic rings. The van der Waals surface area contributed by atoms with Crippen LogP contribution in [0.4, 0.5) is 30.2 Å². The minimum absolute atomic E-state index is 0.0357. The largest absolute Gasteiger partial charge is 0.416 e. The average molecular weight is 431 g/mol. The van der Waals surface area contributed by atoms with Gasteiger partial charge in [0.05, 0.1) is 22.4 Å². The summed E-state index contributed by atoms with van der Waals surface area (Å²) in [6.07, 6.45) is -3.95. The highest BCUT2D eigenvalue weighted by molar-refractivity contribution is 7.92. The summed E-state index contributed by atoms with van der Waals surface area (Å²) in [5.74, 6) is -0.881. The molecule has 0 saturated heterocycles. The SMILES string of the molecule is C[C@@H](C(=O)Nc1cccc([N+](=O)[O-])c1)N(c1cccc(C(F)(F)F)c1)S(C)(=O)=O. The Kier molecular flexibility index (Phi) is 6.16. The van der Waals surface area contributed by atoms with Gasteiger partial charge in [-0.1, -0.05) is 12.1 Å². The molecule has 2 aromatic carbocycles. The first kappa shape index (κ1) is 22.1. The quantitative estimate of drug-likeness (QED) is 0.557. The Morgan fingerprint density at radius 2 is 1.79 bits per heavy atom. The first-order valence-corrected chi connectivity index (χ1v) is 9.87. The number of amides is 1. The molecule has 156 valence electrons. The smallest absolute Gasteiger partial charge is 0.324 e. The fourth-order valence-electron chi connectivity index (χ4n) is 2.57. The fraction of sp³-hybridized carbons (Fsp3) is 0.235. The van der Waals surface area contributed by atoms with Crippen molar-refractivity contribution in [3.8, 4) is 0 Å². The van der Waals surface area contributed by atoms with Crippen LogP contribution in [0.1, 0.15) is 12.5 Å². The number of carbonyl (C=O) groups excluding carboxylic acids is 1. The molecule has 0 bridgehead atoms. The molecule has 0 saturated carbocycles. The first-order valence-electron chi connectivity index (χ1n) is 8.02. The Morgan fingerprint density at radius 1 is 1.17 bits per heavy atom. The zero-order valence-electron chi connectivity index (χ0n) is 15.2. The van der Waals surface area contributed by atoms with E-state index in [1.165, 1.54) is 25.1 Å². The van der Waals surface area contributed by atoms with Crippen LogP contribution in [0, 0.1) is 10.1 Å². The Morgan fingerprint density at radius 3 is 2.34 bits per heavy atom. The maximum atomic E-state index is 13.0. The van der Waals surface area contributed by atoms with Crippen LogP contribution in [-0.4, -0.2) is 31.5 Å². The molecule has 1 atom stereocenters. The van der Waals surface area contributed by atoms with Gasteiger partial charge in [0.25, 0.3) is 5.69 Å². The van der Waals surface area contributed by atoms with Crippen LogP contribution in [0.15, 0.2) is 48.5 Å². The number of nitrogens with one attached hydrogen (secondary N) is 1. The summed E-state index contributed by atoms with van der Waals surface area (Å²) in [7, 11) is -4.14. The van der Waals surface area contributed by atoms with E-state index in [2.05, 4.69) is 5.32 Å². The van der Waals surface area contributed by atoms with E-state index in [9.17, 15) is 36.5 Å². The minimum Gasteiger partial charge on any atom is -0.324 e. The number of halogens is 3. The molecule has 2 rings (SSSR count). The third-order valence-corrected chi connectivity index (χ3v) is 5.08. The lowest BCUT2D eigenvalue weighted by Crippen LogP contribution is -2.45. The number of nitro groups is 1. The molecule has 0 radical (unpaired) electrons. The second kappa shape index (κ2) is 8.07. The van der Waals surface area contributed by atoms with Gasteiger partial charge < -0.3 is 5.32 Å². The Labute approximate surface area is 164 Å². The number of sulfonamides is 1. The molecule has 0 aliphatic carbocycles. The summed E-state index contributed by atoms with van der Waals surface area (Å²) < 4.78 is 63.9. The van der Waals surface area contributed by atoms with E-state index in [0.717, 1.165) is 30.5 Å². The predicted octanol–water partition coefficient (Wildman–Crippen LogP) is 3.41. The second-order valence-electron chi connectivity index (χ2n) is 6.08. The Hall–Kier alpha value is -3.15. The molecule has 0 spiro atoms. The third kappa shape index (κ3) is 5.44. The third-order valence-electron chi connectivity index (χ3n) is 3.84. The topological polar surface area (TPSA) is 110 Å². The fourth-order valence-corrected chi connectivity index (χ4v) is 3.74. The summed E-state index contributed by atoms with van der Waals surface area (Å²) in [4.78, 5) is 22.7. The van der Waals surface area contributed by atoms with Crippen LogP contribution in [0.2, 0.25) is 0 Å². The van der Waals surface area contributed by atoms with Gasteiger partial charge in [-0.15, -0.1) is 0 Å². The van der Waals surface area contributed by atoms with E-state index in [4.69, 9.17) is 0 Å². The number of nitro benzene ring substituents is 1. The molecule has 2 aromatic rings. The normalized spacial score (nSPS) is 12.9. The van der Waals surface area contributed by atoms with Crippen molar-refractivity contribution in [2.24, 2.45) is 0 Å². The lowest BCUT2D eigenvalue weighted by Gasteiger charge is -2.28. The highest BCUT2D eigenvalue weighted by Crippen LogP contribution is 2.33. The van der Waals surface area contributed by atoms with E-state index in [1.807, 2.05) is 0 Å². The summed E-state index contributed by atoms with van der Waals surface area (Å²) in [5, 5.41) is 13.2. The van der Waals surface area contributed by atoms with Crippen LogP contribution in [0.5, 0.6) is 0 Å². The molecule has 0 aromatic heterocycles. The van der Waals surface area contributed by atoms with E-state index >= 15 is 0 Å². The summed E-state index contributed by atoms with van der Waals surface area (Å²) in [5.41, 5.74) is -1.68. The Balaban J connectivity index is 2.37. The standard InChI is InChI=1S/C17H16F3N3O5S/c1-11(16(24)21-13-6-4-8-15(10-13)23(25)26)22(29(2,27)28)14-7-3-5-12(9-14)17(18,19)20/h3-11H,1-2H3,(H,21,24)/t11-/m0/s1. The van der Waals surface area contributed by atoms with Crippen LogP contribution in [-0.2, 0) is 21.0 Å². The molecule has 29 heavy (non-hydrogen) atoms. The van der Waals surface area contributed by atoms with Gasteiger partial charge in [-0.05, 0) is 31.2 Å². The lowest BCUT2D eigenvalue weighted by molar-refractivity contribution is -0.384. The number of hydrogen-bond donors (Lipinski definition) is 1. The van der Waals surface area contributed by atoms with Crippen LogP contribution in [0.3, 0.4) is 0 Å². The zero-order valence-corrected chi connectivity index (χ0v) is 16.0. The van der Waals surface area contributed by atoms with Crippen molar-refractivity contribution >= 4 is 33.0 Å². The van der Waals surface area contributed by atoms with Gasteiger partial charge in [0.2, 0.25) is 15.9 Å². The minimum atomic E-state index is -4.70. The number of benzene rings is 2. The Bertz CT molecular complexity index is 1040. The second-order valence-corrected chi connectivity index (χ2v) is 7.94. The molecule has 1 amide bonds. The molecule has 0 aliphatic heterocycles. The molecule has 0 fully saturated rings. The maximum Gasteiger partial charge on any atom is 0.416 e. The van der Waals surface area contributed by atoms with Gasteiger partial charge in [0.15, 0.2) is 0 Å². The van der Waals surface area contributed by atoms with Gasteiger partial charge in [0.1, 0.15) is 6.04 Å². The number of hydrogen-bond acceptors (Lipinski definition) is 5. The van der Waals surface area contributed by atoms with Gasteiger partial charge >= 0.3 is 6.18 Å². The average Bonchev–Trinajstić information content (AvgIpc) is 2.60. The monoisotopic (exact) mass is 431 g/mol.